The SMILES string of the molecule is ClCc1c(I)ccc2c(I)csc12. The van der Waals surface area contributed by atoms with Crippen LogP contribution in [0.15, 0.2) is 17.5 Å². The van der Waals surface area contributed by atoms with Gasteiger partial charge in [0, 0.05) is 28.5 Å². The highest BCUT2D eigenvalue weighted by molar-refractivity contribution is 14.1. The fourth-order valence-corrected chi connectivity index (χ4v) is 4.62. The predicted octanol–water partition coefficient (Wildman–Crippen LogP) is 4.85. The molecule has 0 aliphatic rings. The van der Waals surface area contributed by atoms with Crippen LogP contribution in [0.25, 0.3) is 10.1 Å². The highest BCUT2D eigenvalue weighted by Gasteiger charge is 2.08. The van der Waals surface area contributed by atoms with Gasteiger partial charge in [0.15, 0.2) is 0 Å². The molecule has 0 spiro atoms. The van der Waals surface area contributed by atoms with Gasteiger partial charge in [-0.2, -0.15) is 0 Å². The zero-order valence-electron chi connectivity index (χ0n) is 6.48. The van der Waals surface area contributed by atoms with Gasteiger partial charge in [-0.05, 0) is 56.8 Å². The van der Waals surface area contributed by atoms with E-state index in [2.05, 4.69) is 62.7 Å². The molecule has 2 aromatic rings. The fraction of sp³-hybridized carbons (Fsp3) is 0.111. The number of benzene rings is 1. The van der Waals surface area contributed by atoms with Crippen molar-refractivity contribution >= 4 is 78.2 Å². The van der Waals surface area contributed by atoms with Crippen molar-refractivity contribution in [3.8, 4) is 0 Å². The zero-order chi connectivity index (χ0) is 9.42. The molecule has 1 aromatic heterocycles. The van der Waals surface area contributed by atoms with Crippen LogP contribution in [0.1, 0.15) is 5.56 Å². The summed E-state index contributed by atoms with van der Waals surface area (Å²) >= 11 is 12.4. The molecule has 4 heteroatoms. The van der Waals surface area contributed by atoms with Crippen LogP contribution < -0.4 is 0 Å². The molecular formula is C9H5ClI2S. The Kier molecular flexibility index (Phi) is 3.38. The lowest BCUT2D eigenvalue weighted by Crippen LogP contribution is -1.83. The molecule has 1 heterocycles. The Balaban J connectivity index is 2.85. The van der Waals surface area contributed by atoms with E-state index in [1.54, 1.807) is 11.3 Å². The Morgan fingerprint density at radius 3 is 2.69 bits per heavy atom. The molecule has 0 unspecified atom stereocenters. The molecule has 0 aliphatic heterocycles. The second-order valence-electron chi connectivity index (χ2n) is 2.62. The minimum atomic E-state index is 0.603. The van der Waals surface area contributed by atoms with Crippen molar-refractivity contribution in [1.82, 2.24) is 0 Å². The summed E-state index contributed by atoms with van der Waals surface area (Å²) < 4.78 is 3.92. The fourth-order valence-electron chi connectivity index (χ4n) is 1.23. The molecule has 0 bridgehead atoms. The van der Waals surface area contributed by atoms with Crippen LogP contribution in [-0.4, -0.2) is 0 Å². The van der Waals surface area contributed by atoms with Gasteiger partial charge in [0.1, 0.15) is 0 Å². The predicted molar refractivity (Wildman–Crippen MR) is 76.8 cm³/mol. The Morgan fingerprint density at radius 1 is 1.23 bits per heavy atom. The minimum Gasteiger partial charge on any atom is -0.142 e. The minimum absolute atomic E-state index is 0.603. The Labute approximate surface area is 113 Å². The number of halogens is 3. The van der Waals surface area contributed by atoms with E-state index in [9.17, 15) is 0 Å². The topological polar surface area (TPSA) is 0 Å². The zero-order valence-corrected chi connectivity index (χ0v) is 12.4. The van der Waals surface area contributed by atoms with Crippen molar-refractivity contribution in [1.29, 1.82) is 0 Å². The van der Waals surface area contributed by atoms with Crippen molar-refractivity contribution in [2.45, 2.75) is 5.88 Å². The van der Waals surface area contributed by atoms with Crippen LogP contribution in [0.5, 0.6) is 0 Å². The largest absolute Gasteiger partial charge is 0.142 e. The highest BCUT2D eigenvalue weighted by atomic mass is 127. The first-order chi connectivity index (χ1) is 6.24. The van der Waals surface area contributed by atoms with E-state index in [-0.39, 0.29) is 0 Å². The van der Waals surface area contributed by atoms with E-state index in [4.69, 9.17) is 11.6 Å². The van der Waals surface area contributed by atoms with Crippen molar-refractivity contribution in [3.05, 3.63) is 30.2 Å². The van der Waals surface area contributed by atoms with Crippen LogP contribution in [0.4, 0.5) is 0 Å². The first kappa shape index (κ1) is 10.4. The third-order valence-electron chi connectivity index (χ3n) is 1.87. The van der Waals surface area contributed by atoms with Gasteiger partial charge in [-0.25, -0.2) is 0 Å². The standard InChI is InChI=1S/C9H5ClI2S/c10-3-6-7(11)2-1-5-8(12)4-13-9(5)6/h1-2,4H,3H2. The molecule has 1 aromatic carbocycles. The molecule has 2 rings (SSSR count). The van der Waals surface area contributed by atoms with Gasteiger partial charge in [-0.3, -0.25) is 0 Å². The smallest absolute Gasteiger partial charge is 0.0498 e. The van der Waals surface area contributed by atoms with Crippen LogP contribution in [0.2, 0.25) is 0 Å². The number of thiophene rings is 1. The quantitative estimate of drug-likeness (QED) is 0.445. The number of fused-ring (bicyclic) bond motifs is 1. The summed E-state index contributed by atoms with van der Waals surface area (Å²) in [5.74, 6) is 0.603. The first-order valence-corrected chi connectivity index (χ1v) is 7.21. The first-order valence-electron chi connectivity index (χ1n) is 3.64. The molecule has 0 radical (unpaired) electrons. The van der Waals surface area contributed by atoms with E-state index in [0.717, 1.165) is 0 Å². The second kappa shape index (κ2) is 4.20. The second-order valence-corrected chi connectivity index (χ2v) is 6.09. The normalized spacial score (nSPS) is 11.0. The molecule has 0 N–H and O–H groups in total. The molecule has 0 atom stereocenters. The third-order valence-corrected chi connectivity index (χ3v) is 5.52. The van der Waals surface area contributed by atoms with Gasteiger partial charge in [-0.15, -0.1) is 22.9 Å². The molecule has 0 aliphatic carbocycles. The third kappa shape index (κ3) is 1.85. The lowest BCUT2D eigenvalue weighted by Gasteiger charge is -2.01. The average Bonchev–Trinajstić information content (AvgIpc) is 2.48. The maximum Gasteiger partial charge on any atom is 0.0498 e. The Bertz CT molecular complexity index is 450. The average molecular weight is 434 g/mol. The van der Waals surface area contributed by atoms with E-state index in [1.807, 2.05) is 0 Å². The van der Waals surface area contributed by atoms with Crippen molar-refractivity contribution in [2.75, 3.05) is 0 Å². The molecular weight excluding hydrogens is 429 g/mol. The van der Waals surface area contributed by atoms with Crippen LogP contribution in [-0.2, 0) is 5.88 Å². The van der Waals surface area contributed by atoms with Crippen molar-refractivity contribution in [3.63, 3.8) is 0 Å². The lowest BCUT2D eigenvalue weighted by atomic mass is 10.2. The Morgan fingerprint density at radius 2 is 2.00 bits per heavy atom. The molecule has 0 nitrogen and oxygen atoms in total. The van der Waals surface area contributed by atoms with Gasteiger partial charge >= 0.3 is 0 Å². The van der Waals surface area contributed by atoms with Crippen molar-refractivity contribution < 1.29 is 0 Å². The summed E-state index contributed by atoms with van der Waals surface area (Å²) in [7, 11) is 0. The van der Waals surface area contributed by atoms with Crippen LogP contribution in [0, 0.1) is 7.14 Å². The van der Waals surface area contributed by atoms with E-state index < -0.39 is 0 Å². The monoisotopic (exact) mass is 434 g/mol. The van der Waals surface area contributed by atoms with Gasteiger partial charge < -0.3 is 0 Å². The summed E-state index contributed by atoms with van der Waals surface area (Å²) in [4.78, 5) is 0. The number of alkyl halides is 1. The highest BCUT2D eigenvalue weighted by Crippen LogP contribution is 2.33. The van der Waals surface area contributed by atoms with E-state index in [0.29, 0.717) is 5.88 Å². The van der Waals surface area contributed by atoms with E-state index >= 15 is 0 Å². The van der Waals surface area contributed by atoms with E-state index in [1.165, 1.54) is 22.8 Å². The van der Waals surface area contributed by atoms with Gasteiger partial charge in [-0.1, -0.05) is 6.07 Å². The number of hydrogen-bond acceptors (Lipinski definition) is 1. The molecule has 0 fully saturated rings. The van der Waals surface area contributed by atoms with Gasteiger partial charge in [0.25, 0.3) is 0 Å². The molecule has 0 saturated heterocycles. The summed E-state index contributed by atoms with van der Waals surface area (Å²) in [6.07, 6.45) is 0. The number of rotatable bonds is 1. The van der Waals surface area contributed by atoms with Gasteiger partial charge in [0.05, 0.1) is 0 Å². The summed E-state index contributed by atoms with van der Waals surface area (Å²) in [6.45, 7) is 0. The Hall–Kier alpha value is 0.930. The summed E-state index contributed by atoms with van der Waals surface area (Å²) in [5, 5.41) is 3.51. The molecule has 13 heavy (non-hydrogen) atoms. The maximum atomic E-state index is 5.92. The summed E-state index contributed by atoms with van der Waals surface area (Å²) in [6, 6.07) is 4.31. The molecule has 0 saturated carbocycles. The van der Waals surface area contributed by atoms with Crippen LogP contribution >= 0.6 is 68.1 Å². The molecule has 68 valence electrons. The van der Waals surface area contributed by atoms with Gasteiger partial charge in [0.2, 0.25) is 0 Å². The maximum absolute atomic E-state index is 5.92. The van der Waals surface area contributed by atoms with Crippen molar-refractivity contribution in [2.24, 2.45) is 0 Å². The molecule has 0 amide bonds. The number of hydrogen-bond donors (Lipinski definition) is 0. The summed E-state index contributed by atoms with van der Waals surface area (Å²) in [5.41, 5.74) is 1.27. The lowest BCUT2D eigenvalue weighted by molar-refractivity contribution is 1.43. The van der Waals surface area contributed by atoms with Crippen LogP contribution in [0.3, 0.4) is 0 Å².